The summed E-state index contributed by atoms with van der Waals surface area (Å²) in [6, 6.07) is 11.4. The molecule has 0 aromatic heterocycles. The summed E-state index contributed by atoms with van der Waals surface area (Å²) < 4.78 is 0. The van der Waals surface area contributed by atoms with E-state index in [0.717, 1.165) is 12.5 Å². The maximum absolute atomic E-state index is 3.67. The molecule has 0 aliphatic heterocycles. The van der Waals surface area contributed by atoms with Crippen LogP contribution in [-0.2, 0) is 0 Å². The fourth-order valence-corrected chi connectivity index (χ4v) is 2.66. The van der Waals surface area contributed by atoms with Crippen LogP contribution in [0.5, 0.6) is 0 Å². The molecule has 0 radical (unpaired) electrons. The molecule has 1 nitrogen and oxygen atoms in total. The third-order valence-corrected chi connectivity index (χ3v) is 3.37. The molecule has 96 valence electrons. The molecule has 1 atom stereocenters. The molecule has 0 aliphatic carbocycles. The Morgan fingerprint density at radius 2 is 1.53 bits per heavy atom. The monoisotopic (exact) mass is 233 g/mol. The zero-order valence-corrected chi connectivity index (χ0v) is 11.6. The quantitative estimate of drug-likeness (QED) is 0.694. The third-order valence-electron chi connectivity index (χ3n) is 3.37. The van der Waals surface area contributed by atoms with E-state index in [4.69, 9.17) is 0 Å². The van der Waals surface area contributed by atoms with E-state index in [1.807, 2.05) is 0 Å². The lowest BCUT2D eigenvalue weighted by molar-refractivity contribution is 0.320. The Labute approximate surface area is 107 Å². The summed E-state index contributed by atoms with van der Waals surface area (Å²) in [5, 5.41) is 3.67. The van der Waals surface area contributed by atoms with Crippen LogP contribution < -0.4 is 5.32 Å². The molecule has 1 N–H and O–H groups in total. The van der Waals surface area contributed by atoms with Crippen molar-refractivity contribution in [2.75, 3.05) is 6.54 Å². The van der Waals surface area contributed by atoms with Crippen LogP contribution in [0.15, 0.2) is 30.3 Å². The van der Waals surface area contributed by atoms with Gasteiger partial charge in [0.05, 0.1) is 0 Å². The summed E-state index contributed by atoms with van der Waals surface area (Å²) >= 11 is 0. The summed E-state index contributed by atoms with van der Waals surface area (Å²) in [7, 11) is 0. The molecular weight excluding hydrogens is 206 g/mol. The van der Waals surface area contributed by atoms with E-state index in [2.05, 4.69) is 56.4 Å². The molecule has 0 bridgehead atoms. The smallest absolute Gasteiger partial charge is 0.0348 e. The molecule has 1 aromatic rings. The highest BCUT2D eigenvalue weighted by molar-refractivity contribution is 5.19. The average molecular weight is 233 g/mol. The zero-order valence-electron chi connectivity index (χ0n) is 11.6. The summed E-state index contributed by atoms with van der Waals surface area (Å²) in [5.74, 6) is 0.771. The Morgan fingerprint density at radius 1 is 0.941 bits per heavy atom. The van der Waals surface area contributed by atoms with Gasteiger partial charge < -0.3 is 5.32 Å². The number of benzene rings is 1. The van der Waals surface area contributed by atoms with Crippen LogP contribution in [0.1, 0.15) is 58.1 Å². The Balaban J connectivity index is 2.81. The molecule has 1 rings (SSSR count). The highest BCUT2D eigenvalue weighted by atomic mass is 14.9. The minimum atomic E-state index is 0.529. The first-order valence-electron chi connectivity index (χ1n) is 7.11. The second-order valence-electron chi connectivity index (χ2n) is 4.78. The maximum Gasteiger partial charge on any atom is 0.0348 e. The van der Waals surface area contributed by atoms with Crippen molar-refractivity contribution in [1.82, 2.24) is 5.32 Å². The lowest BCUT2D eigenvalue weighted by Gasteiger charge is -2.28. The van der Waals surface area contributed by atoms with E-state index in [0.29, 0.717) is 6.04 Å². The van der Waals surface area contributed by atoms with E-state index in [1.165, 1.54) is 31.2 Å². The summed E-state index contributed by atoms with van der Waals surface area (Å²) in [6.45, 7) is 7.82. The van der Waals surface area contributed by atoms with Crippen molar-refractivity contribution < 1.29 is 0 Å². The van der Waals surface area contributed by atoms with Gasteiger partial charge >= 0.3 is 0 Å². The molecule has 0 heterocycles. The average Bonchev–Trinajstić information content (AvgIpc) is 2.37. The van der Waals surface area contributed by atoms with Crippen LogP contribution in [0, 0.1) is 5.92 Å². The highest BCUT2D eigenvalue weighted by Crippen LogP contribution is 2.29. The summed E-state index contributed by atoms with van der Waals surface area (Å²) in [5.41, 5.74) is 1.45. The van der Waals surface area contributed by atoms with Crippen LogP contribution in [0.3, 0.4) is 0 Å². The van der Waals surface area contributed by atoms with Crippen LogP contribution in [0.25, 0.3) is 0 Å². The largest absolute Gasteiger partial charge is 0.310 e. The van der Waals surface area contributed by atoms with Crippen molar-refractivity contribution in [2.45, 2.75) is 52.5 Å². The molecular formula is C16H27N. The Kier molecular flexibility index (Phi) is 6.95. The summed E-state index contributed by atoms with van der Waals surface area (Å²) in [6.07, 6.45) is 5.19. The van der Waals surface area contributed by atoms with Crippen LogP contribution >= 0.6 is 0 Å². The molecule has 0 saturated carbocycles. The van der Waals surface area contributed by atoms with Crippen molar-refractivity contribution in [1.29, 1.82) is 0 Å². The van der Waals surface area contributed by atoms with Crippen LogP contribution in [-0.4, -0.2) is 6.54 Å². The molecule has 0 amide bonds. The first-order valence-corrected chi connectivity index (χ1v) is 7.11. The van der Waals surface area contributed by atoms with Gasteiger partial charge in [-0.05, 0) is 30.9 Å². The lowest BCUT2D eigenvalue weighted by atomic mass is 9.86. The van der Waals surface area contributed by atoms with Gasteiger partial charge in [-0.2, -0.15) is 0 Å². The highest BCUT2D eigenvalue weighted by Gasteiger charge is 2.20. The maximum atomic E-state index is 3.67. The topological polar surface area (TPSA) is 12.0 Å². The van der Waals surface area contributed by atoms with E-state index < -0.39 is 0 Å². The van der Waals surface area contributed by atoms with Gasteiger partial charge in [-0.15, -0.1) is 0 Å². The van der Waals surface area contributed by atoms with E-state index >= 15 is 0 Å². The first kappa shape index (κ1) is 14.2. The minimum Gasteiger partial charge on any atom is -0.310 e. The van der Waals surface area contributed by atoms with E-state index in [9.17, 15) is 0 Å². The molecule has 0 aliphatic rings. The fraction of sp³-hybridized carbons (Fsp3) is 0.625. The zero-order chi connectivity index (χ0) is 12.5. The number of rotatable bonds is 8. The Morgan fingerprint density at radius 3 is 2.00 bits per heavy atom. The molecule has 0 saturated heterocycles. The number of nitrogens with one attached hydrogen (secondary N) is 1. The van der Waals surface area contributed by atoms with Crippen molar-refractivity contribution in [3.63, 3.8) is 0 Å². The molecule has 1 heteroatoms. The van der Waals surface area contributed by atoms with Gasteiger partial charge in [-0.3, -0.25) is 0 Å². The van der Waals surface area contributed by atoms with Gasteiger partial charge in [-0.1, -0.05) is 63.9 Å². The lowest BCUT2D eigenvalue weighted by Crippen LogP contribution is -2.28. The predicted molar refractivity (Wildman–Crippen MR) is 76.2 cm³/mol. The van der Waals surface area contributed by atoms with Gasteiger partial charge in [0.15, 0.2) is 0 Å². The molecule has 0 spiro atoms. The van der Waals surface area contributed by atoms with Crippen LogP contribution in [0.4, 0.5) is 0 Å². The second kappa shape index (κ2) is 8.30. The van der Waals surface area contributed by atoms with Crippen molar-refractivity contribution in [2.24, 2.45) is 5.92 Å². The SMILES string of the molecule is CCCC(CCC)C(NCC)c1ccccc1. The van der Waals surface area contributed by atoms with Gasteiger partial charge in [0.2, 0.25) is 0 Å². The van der Waals surface area contributed by atoms with Gasteiger partial charge in [0.25, 0.3) is 0 Å². The van der Waals surface area contributed by atoms with Crippen molar-refractivity contribution >= 4 is 0 Å². The second-order valence-corrected chi connectivity index (χ2v) is 4.78. The fourth-order valence-electron chi connectivity index (χ4n) is 2.66. The van der Waals surface area contributed by atoms with Crippen LogP contribution in [0.2, 0.25) is 0 Å². The molecule has 17 heavy (non-hydrogen) atoms. The number of hydrogen-bond donors (Lipinski definition) is 1. The van der Waals surface area contributed by atoms with Gasteiger partial charge in [0.1, 0.15) is 0 Å². The minimum absolute atomic E-state index is 0.529. The van der Waals surface area contributed by atoms with E-state index in [1.54, 1.807) is 0 Å². The van der Waals surface area contributed by atoms with Gasteiger partial charge in [0, 0.05) is 6.04 Å². The van der Waals surface area contributed by atoms with Crippen molar-refractivity contribution in [3.05, 3.63) is 35.9 Å². The predicted octanol–water partition coefficient (Wildman–Crippen LogP) is 4.55. The molecule has 1 unspecified atom stereocenters. The first-order chi connectivity index (χ1) is 8.33. The third kappa shape index (κ3) is 4.51. The molecule has 0 fully saturated rings. The van der Waals surface area contributed by atoms with Gasteiger partial charge in [-0.25, -0.2) is 0 Å². The Bertz CT molecular complexity index is 275. The normalized spacial score (nSPS) is 12.9. The number of hydrogen-bond acceptors (Lipinski definition) is 1. The summed E-state index contributed by atoms with van der Waals surface area (Å²) in [4.78, 5) is 0. The van der Waals surface area contributed by atoms with E-state index in [-0.39, 0.29) is 0 Å². The standard InChI is InChI=1S/C16H27N/c1-4-10-14(11-5-2)16(17-6-3)15-12-8-7-9-13-15/h7-9,12-14,16-17H,4-6,10-11H2,1-3H3. The molecule has 1 aromatic carbocycles. The Hall–Kier alpha value is -0.820. The van der Waals surface area contributed by atoms with Crippen molar-refractivity contribution in [3.8, 4) is 0 Å².